The lowest BCUT2D eigenvalue weighted by Crippen LogP contribution is -2.11. The highest BCUT2D eigenvalue weighted by Crippen LogP contribution is 2.45. The van der Waals surface area contributed by atoms with Crippen LogP contribution >= 0.6 is 0 Å². The van der Waals surface area contributed by atoms with E-state index in [2.05, 4.69) is 216 Å². The summed E-state index contributed by atoms with van der Waals surface area (Å²) in [6.07, 6.45) is 0. The third-order valence-corrected chi connectivity index (χ3v) is 11.2. The van der Waals surface area contributed by atoms with Crippen molar-refractivity contribution in [3.05, 3.63) is 218 Å². The quantitative estimate of drug-likeness (QED) is 0.163. The summed E-state index contributed by atoms with van der Waals surface area (Å²) in [5.74, 6) is 0. The SMILES string of the molecule is c1ccc(-c2ccc(-n3c4ccccc4c4ccc(N(c5ccc6oc7ccccc7c6c5)c5ccccc5-c5ccccc5)cc43)cc2-c2ccccc2)cc1. The van der Waals surface area contributed by atoms with Gasteiger partial charge in [0.05, 0.1) is 16.7 Å². The van der Waals surface area contributed by atoms with Gasteiger partial charge in [-0.25, -0.2) is 0 Å². The number of anilines is 3. The highest BCUT2D eigenvalue weighted by molar-refractivity contribution is 6.11. The molecule has 11 aromatic rings. The average Bonchev–Trinajstić information content (AvgIpc) is 3.82. The molecule has 9 aromatic carbocycles. The van der Waals surface area contributed by atoms with Gasteiger partial charge in [-0.3, -0.25) is 0 Å². The lowest BCUT2D eigenvalue weighted by molar-refractivity contribution is 0.669. The average molecular weight is 729 g/mol. The number of para-hydroxylation sites is 3. The van der Waals surface area contributed by atoms with Crippen LogP contribution < -0.4 is 4.90 Å². The topological polar surface area (TPSA) is 21.3 Å². The van der Waals surface area contributed by atoms with Crippen molar-refractivity contribution >= 4 is 60.8 Å². The number of fused-ring (bicyclic) bond motifs is 6. The van der Waals surface area contributed by atoms with Crippen LogP contribution in [0.4, 0.5) is 17.1 Å². The van der Waals surface area contributed by atoms with Gasteiger partial charge in [-0.2, -0.15) is 0 Å². The van der Waals surface area contributed by atoms with Crippen molar-refractivity contribution in [2.75, 3.05) is 4.90 Å². The molecule has 0 fully saturated rings. The predicted molar refractivity (Wildman–Crippen MR) is 239 cm³/mol. The van der Waals surface area contributed by atoms with E-state index >= 15 is 0 Å². The smallest absolute Gasteiger partial charge is 0.135 e. The molecule has 3 heteroatoms. The molecule has 0 saturated heterocycles. The maximum absolute atomic E-state index is 6.30. The van der Waals surface area contributed by atoms with Crippen molar-refractivity contribution in [3.8, 4) is 39.1 Å². The van der Waals surface area contributed by atoms with Crippen molar-refractivity contribution in [2.24, 2.45) is 0 Å². The largest absolute Gasteiger partial charge is 0.456 e. The maximum atomic E-state index is 6.30. The summed E-state index contributed by atoms with van der Waals surface area (Å²) in [6, 6.07) is 78.3. The fraction of sp³-hybridized carbons (Fsp3) is 0. The van der Waals surface area contributed by atoms with Crippen LogP contribution in [0, 0.1) is 0 Å². The lowest BCUT2D eigenvalue weighted by atomic mass is 9.94. The van der Waals surface area contributed by atoms with E-state index in [9.17, 15) is 0 Å². The first-order valence-electron chi connectivity index (χ1n) is 19.4. The van der Waals surface area contributed by atoms with Gasteiger partial charge < -0.3 is 13.9 Å². The highest BCUT2D eigenvalue weighted by Gasteiger charge is 2.22. The molecule has 0 aliphatic heterocycles. The van der Waals surface area contributed by atoms with Crippen LogP contribution in [0.1, 0.15) is 0 Å². The first kappa shape index (κ1) is 32.8. The standard InChI is InChI=1S/C54H36N2O/c1-4-16-37(17-5-1)43-31-28-41(34-48(43)39-20-8-3-9-21-39)56-51-26-14-11-23-45(51)46-32-29-42(36-52(46)56)55(50-25-13-10-22-44(50)38-18-6-2-7-19-38)40-30-33-54-49(35-40)47-24-12-15-27-53(47)57-54/h1-36H. The first-order chi connectivity index (χ1) is 28.3. The molecule has 0 amide bonds. The molecule has 0 aliphatic rings. The molecule has 2 heterocycles. The summed E-state index contributed by atoms with van der Waals surface area (Å²) in [7, 11) is 0. The molecule has 0 bridgehead atoms. The van der Waals surface area contributed by atoms with Gasteiger partial charge in [0, 0.05) is 44.2 Å². The Morgan fingerprint density at radius 3 is 1.67 bits per heavy atom. The second-order valence-electron chi connectivity index (χ2n) is 14.5. The zero-order valence-electron chi connectivity index (χ0n) is 31.1. The molecule has 0 N–H and O–H groups in total. The van der Waals surface area contributed by atoms with E-state index in [0.29, 0.717) is 0 Å². The molecule has 0 aliphatic carbocycles. The Labute approximate surface area is 330 Å². The Hall–Kier alpha value is -7.62. The van der Waals surface area contributed by atoms with Crippen molar-refractivity contribution < 1.29 is 4.42 Å². The van der Waals surface area contributed by atoms with Gasteiger partial charge in [-0.05, 0) is 88.5 Å². The van der Waals surface area contributed by atoms with E-state index < -0.39 is 0 Å². The zero-order chi connectivity index (χ0) is 37.7. The first-order valence-corrected chi connectivity index (χ1v) is 19.4. The number of nitrogens with zero attached hydrogens (tertiary/aromatic N) is 2. The molecule has 3 nitrogen and oxygen atoms in total. The molecular weight excluding hydrogens is 693 g/mol. The Kier molecular flexibility index (Phi) is 7.82. The van der Waals surface area contributed by atoms with Crippen molar-refractivity contribution in [2.45, 2.75) is 0 Å². The third kappa shape index (κ3) is 5.60. The normalized spacial score (nSPS) is 11.5. The van der Waals surface area contributed by atoms with E-state index in [0.717, 1.165) is 61.3 Å². The van der Waals surface area contributed by atoms with Crippen LogP contribution in [-0.2, 0) is 0 Å². The van der Waals surface area contributed by atoms with Crippen LogP contribution in [0.15, 0.2) is 223 Å². The molecule has 2 aromatic heterocycles. The van der Waals surface area contributed by atoms with E-state index in [1.54, 1.807) is 0 Å². The third-order valence-electron chi connectivity index (χ3n) is 11.2. The second-order valence-corrected chi connectivity index (χ2v) is 14.5. The molecule has 0 radical (unpaired) electrons. The van der Waals surface area contributed by atoms with Gasteiger partial charge in [0.1, 0.15) is 11.2 Å². The fourth-order valence-electron chi connectivity index (χ4n) is 8.58. The minimum absolute atomic E-state index is 0.875. The van der Waals surface area contributed by atoms with Gasteiger partial charge in [-0.1, -0.05) is 158 Å². The van der Waals surface area contributed by atoms with Crippen molar-refractivity contribution in [1.29, 1.82) is 0 Å². The minimum atomic E-state index is 0.875. The second kappa shape index (κ2) is 13.6. The summed E-state index contributed by atoms with van der Waals surface area (Å²) in [6.45, 7) is 0. The summed E-state index contributed by atoms with van der Waals surface area (Å²) in [5, 5.41) is 4.62. The van der Waals surface area contributed by atoms with Crippen molar-refractivity contribution in [1.82, 2.24) is 4.57 Å². The lowest BCUT2D eigenvalue weighted by Gasteiger charge is -2.28. The zero-order valence-corrected chi connectivity index (χ0v) is 31.1. The van der Waals surface area contributed by atoms with Gasteiger partial charge >= 0.3 is 0 Å². The molecule has 0 unspecified atom stereocenters. The maximum Gasteiger partial charge on any atom is 0.135 e. The van der Waals surface area contributed by atoms with Crippen LogP contribution in [-0.4, -0.2) is 4.57 Å². The Morgan fingerprint density at radius 2 is 0.895 bits per heavy atom. The number of furan rings is 1. The summed E-state index contributed by atoms with van der Waals surface area (Å²) in [5.41, 5.74) is 15.5. The van der Waals surface area contributed by atoms with Gasteiger partial charge in [-0.15, -0.1) is 0 Å². The monoisotopic (exact) mass is 728 g/mol. The number of benzene rings is 9. The number of hydrogen-bond donors (Lipinski definition) is 0. The molecule has 11 rings (SSSR count). The van der Waals surface area contributed by atoms with E-state index in [1.807, 2.05) is 12.1 Å². The number of rotatable bonds is 7. The van der Waals surface area contributed by atoms with Crippen LogP contribution in [0.3, 0.4) is 0 Å². The van der Waals surface area contributed by atoms with E-state index in [4.69, 9.17) is 4.42 Å². The minimum Gasteiger partial charge on any atom is -0.456 e. The van der Waals surface area contributed by atoms with Crippen LogP contribution in [0.2, 0.25) is 0 Å². The van der Waals surface area contributed by atoms with Crippen molar-refractivity contribution in [3.63, 3.8) is 0 Å². The Balaban J connectivity index is 1.17. The van der Waals surface area contributed by atoms with Gasteiger partial charge in [0.2, 0.25) is 0 Å². The summed E-state index contributed by atoms with van der Waals surface area (Å²) >= 11 is 0. The Morgan fingerprint density at radius 1 is 0.333 bits per heavy atom. The Bertz CT molecular complexity index is 3230. The molecule has 57 heavy (non-hydrogen) atoms. The molecule has 0 saturated carbocycles. The molecule has 0 spiro atoms. The predicted octanol–water partition coefficient (Wildman–Crippen LogP) is 15.2. The van der Waals surface area contributed by atoms with Crippen LogP contribution in [0.5, 0.6) is 0 Å². The van der Waals surface area contributed by atoms with Gasteiger partial charge in [0.15, 0.2) is 0 Å². The molecular formula is C54H36N2O. The number of hydrogen-bond acceptors (Lipinski definition) is 2. The van der Waals surface area contributed by atoms with E-state index in [-0.39, 0.29) is 0 Å². The summed E-state index contributed by atoms with van der Waals surface area (Å²) in [4.78, 5) is 2.40. The molecule has 268 valence electrons. The van der Waals surface area contributed by atoms with Gasteiger partial charge in [0.25, 0.3) is 0 Å². The fourth-order valence-corrected chi connectivity index (χ4v) is 8.58. The highest BCUT2D eigenvalue weighted by atomic mass is 16.3. The number of aromatic nitrogens is 1. The molecule has 0 atom stereocenters. The van der Waals surface area contributed by atoms with E-state index in [1.165, 1.54) is 38.5 Å². The summed E-state index contributed by atoms with van der Waals surface area (Å²) < 4.78 is 8.74. The van der Waals surface area contributed by atoms with Crippen LogP contribution in [0.25, 0.3) is 82.8 Å².